The van der Waals surface area contributed by atoms with Crippen molar-refractivity contribution in [2.45, 2.75) is 38.6 Å². The summed E-state index contributed by atoms with van der Waals surface area (Å²) in [6, 6.07) is 2.76. The molecule has 0 aliphatic carbocycles. The van der Waals surface area contributed by atoms with Crippen molar-refractivity contribution in [1.82, 2.24) is 20.2 Å². The molecule has 22 heavy (non-hydrogen) atoms. The SMILES string of the molecule is CC(=O)N1CCN(c2cc(CCC3CCCN3)ncn2)CC1. The van der Waals surface area contributed by atoms with E-state index in [-0.39, 0.29) is 5.91 Å². The van der Waals surface area contributed by atoms with Crippen LogP contribution in [0.2, 0.25) is 0 Å². The predicted molar refractivity (Wildman–Crippen MR) is 85.8 cm³/mol. The zero-order chi connectivity index (χ0) is 15.4. The van der Waals surface area contributed by atoms with E-state index < -0.39 is 0 Å². The maximum Gasteiger partial charge on any atom is 0.219 e. The molecule has 3 rings (SSSR count). The van der Waals surface area contributed by atoms with Gasteiger partial charge in [-0.2, -0.15) is 0 Å². The van der Waals surface area contributed by atoms with Crippen molar-refractivity contribution in [2.75, 3.05) is 37.6 Å². The van der Waals surface area contributed by atoms with Gasteiger partial charge in [-0.25, -0.2) is 9.97 Å². The molecule has 1 N–H and O–H groups in total. The fourth-order valence-corrected chi connectivity index (χ4v) is 3.27. The minimum atomic E-state index is 0.159. The summed E-state index contributed by atoms with van der Waals surface area (Å²) in [5.41, 5.74) is 1.12. The van der Waals surface area contributed by atoms with Crippen LogP contribution in [0.3, 0.4) is 0 Å². The lowest BCUT2D eigenvalue weighted by Crippen LogP contribution is -2.48. The van der Waals surface area contributed by atoms with E-state index in [1.54, 1.807) is 13.3 Å². The number of aromatic nitrogens is 2. The average molecular weight is 303 g/mol. The lowest BCUT2D eigenvalue weighted by Gasteiger charge is -2.34. The topological polar surface area (TPSA) is 61.4 Å². The van der Waals surface area contributed by atoms with E-state index in [1.165, 1.54) is 12.8 Å². The molecule has 3 heterocycles. The lowest BCUT2D eigenvalue weighted by molar-refractivity contribution is -0.129. The first-order chi connectivity index (χ1) is 10.7. The molecular weight excluding hydrogens is 278 g/mol. The van der Waals surface area contributed by atoms with Crippen LogP contribution in [0.4, 0.5) is 5.82 Å². The number of rotatable bonds is 4. The van der Waals surface area contributed by atoms with Gasteiger partial charge in [-0.05, 0) is 32.2 Å². The Morgan fingerprint density at radius 1 is 1.32 bits per heavy atom. The van der Waals surface area contributed by atoms with Crippen molar-refractivity contribution in [3.05, 3.63) is 18.1 Å². The number of aryl methyl sites for hydroxylation is 1. The Hall–Kier alpha value is -1.69. The minimum absolute atomic E-state index is 0.159. The van der Waals surface area contributed by atoms with Gasteiger partial charge in [0.15, 0.2) is 0 Å². The lowest BCUT2D eigenvalue weighted by atomic mass is 10.1. The Morgan fingerprint density at radius 2 is 2.14 bits per heavy atom. The first-order valence-corrected chi connectivity index (χ1v) is 8.27. The largest absolute Gasteiger partial charge is 0.353 e. The van der Waals surface area contributed by atoms with Gasteiger partial charge in [0, 0.05) is 50.9 Å². The van der Waals surface area contributed by atoms with E-state index >= 15 is 0 Å². The number of piperazine rings is 1. The Morgan fingerprint density at radius 3 is 2.82 bits per heavy atom. The molecule has 2 saturated heterocycles. The Labute approximate surface area is 131 Å². The number of amides is 1. The highest BCUT2D eigenvalue weighted by molar-refractivity contribution is 5.73. The Bertz CT molecular complexity index is 507. The number of carbonyl (C=O) groups is 1. The molecule has 0 radical (unpaired) electrons. The summed E-state index contributed by atoms with van der Waals surface area (Å²) < 4.78 is 0. The molecule has 1 unspecified atom stereocenters. The molecule has 1 atom stereocenters. The third-order valence-electron chi connectivity index (χ3n) is 4.67. The maximum absolute atomic E-state index is 11.4. The highest BCUT2D eigenvalue weighted by atomic mass is 16.2. The van der Waals surface area contributed by atoms with Gasteiger partial charge in [-0.15, -0.1) is 0 Å². The van der Waals surface area contributed by atoms with Crippen LogP contribution >= 0.6 is 0 Å². The van der Waals surface area contributed by atoms with Crippen molar-refractivity contribution in [1.29, 1.82) is 0 Å². The number of hydrogen-bond donors (Lipinski definition) is 1. The second kappa shape index (κ2) is 7.05. The zero-order valence-corrected chi connectivity index (χ0v) is 13.3. The summed E-state index contributed by atoms with van der Waals surface area (Å²) in [4.78, 5) is 24.3. The van der Waals surface area contributed by atoms with Crippen LogP contribution in [0.15, 0.2) is 12.4 Å². The van der Waals surface area contributed by atoms with E-state index in [0.717, 1.165) is 57.1 Å². The molecular formula is C16H25N5O. The van der Waals surface area contributed by atoms with Gasteiger partial charge in [0.1, 0.15) is 12.1 Å². The van der Waals surface area contributed by atoms with Crippen LogP contribution in [0.5, 0.6) is 0 Å². The molecule has 1 aromatic rings. The van der Waals surface area contributed by atoms with Gasteiger partial charge < -0.3 is 15.1 Å². The third-order valence-corrected chi connectivity index (χ3v) is 4.67. The standard InChI is InChI=1S/C16H25N5O/c1-13(22)20-7-9-21(10-8-20)16-11-15(18-12-19-16)5-4-14-3-2-6-17-14/h11-12,14,17H,2-10H2,1H3. The molecule has 0 spiro atoms. The monoisotopic (exact) mass is 303 g/mol. The van der Waals surface area contributed by atoms with Gasteiger partial charge in [0.05, 0.1) is 0 Å². The van der Waals surface area contributed by atoms with Crippen LogP contribution in [-0.2, 0) is 11.2 Å². The fourth-order valence-electron chi connectivity index (χ4n) is 3.27. The number of nitrogens with zero attached hydrogens (tertiary/aromatic N) is 4. The molecule has 0 saturated carbocycles. The first-order valence-electron chi connectivity index (χ1n) is 8.27. The van der Waals surface area contributed by atoms with Gasteiger partial charge in [0.2, 0.25) is 5.91 Å². The van der Waals surface area contributed by atoms with E-state index in [0.29, 0.717) is 6.04 Å². The molecule has 2 aliphatic rings. The maximum atomic E-state index is 11.4. The molecule has 0 bridgehead atoms. The molecule has 6 heteroatoms. The minimum Gasteiger partial charge on any atom is -0.353 e. The molecule has 6 nitrogen and oxygen atoms in total. The van der Waals surface area contributed by atoms with Crippen molar-refractivity contribution < 1.29 is 4.79 Å². The van der Waals surface area contributed by atoms with Gasteiger partial charge in [-0.3, -0.25) is 4.79 Å². The fraction of sp³-hybridized carbons (Fsp3) is 0.688. The van der Waals surface area contributed by atoms with Crippen LogP contribution in [-0.4, -0.2) is 59.5 Å². The molecule has 1 amide bonds. The number of hydrogen-bond acceptors (Lipinski definition) is 5. The second-order valence-corrected chi connectivity index (χ2v) is 6.19. The average Bonchev–Trinajstić information content (AvgIpc) is 3.07. The first kappa shape index (κ1) is 15.2. The van der Waals surface area contributed by atoms with E-state index in [4.69, 9.17) is 0 Å². The van der Waals surface area contributed by atoms with Crippen molar-refractivity contribution >= 4 is 11.7 Å². The molecule has 120 valence electrons. The third kappa shape index (κ3) is 3.74. The van der Waals surface area contributed by atoms with Crippen molar-refractivity contribution in [3.8, 4) is 0 Å². The number of nitrogens with one attached hydrogen (secondary N) is 1. The molecule has 2 aliphatic heterocycles. The summed E-state index contributed by atoms with van der Waals surface area (Å²) in [7, 11) is 0. The molecule has 0 aromatic carbocycles. The summed E-state index contributed by atoms with van der Waals surface area (Å²) in [5, 5.41) is 3.53. The van der Waals surface area contributed by atoms with Crippen LogP contribution in [0.1, 0.15) is 31.9 Å². The highest BCUT2D eigenvalue weighted by Gasteiger charge is 2.20. The van der Waals surface area contributed by atoms with Gasteiger partial charge >= 0.3 is 0 Å². The second-order valence-electron chi connectivity index (χ2n) is 6.19. The Kier molecular flexibility index (Phi) is 4.87. The Balaban J connectivity index is 1.55. The van der Waals surface area contributed by atoms with Crippen LogP contribution < -0.4 is 10.2 Å². The summed E-state index contributed by atoms with van der Waals surface area (Å²) in [6.45, 7) is 6.04. The summed E-state index contributed by atoms with van der Waals surface area (Å²) >= 11 is 0. The quantitative estimate of drug-likeness (QED) is 0.893. The van der Waals surface area contributed by atoms with Gasteiger partial charge in [-0.1, -0.05) is 0 Å². The van der Waals surface area contributed by atoms with Gasteiger partial charge in [0.25, 0.3) is 0 Å². The highest BCUT2D eigenvalue weighted by Crippen LogP contribution is 2.16. The van der Waals surface area contributed by atoms with Crippen LogP contribution in [0, 0.1) is 0 Å². The van der Waals surface area contributed by atoms with E-state index in [9.17, 15) is 4.79 Å². The number of anilines is 1. The molecule has 2 fully saturated rings. The normalized spacial score (nSPS) is 22.1. The van der Waals surface area contributed by atoms with E-state index in [1.807, 2.05) is 4.90 Å². The summed E-state index contributed by atoms with van der Waals surface area (Å²) in [5.74, 6) is 1.15. The van der Waals surface area contributed by atoms with Crippen molar-refractivity contribution in [2.24, 2.45) is 0 Å². The van der Waals surface area contributed by atoms with Crippen LogP contribution in [0.25, 0.3) is 0 Å². The van der Waals surface area contributed by atoms with Crippen molar-refractivity contribution in [3.63, 3.8) is 0 Å². The summed E-state index contributed by atoms with van der Waals surface area (Å²) in [6.07, 6.45) is 6.39. The predicted octanol–water partition coefficient (Wildman–Crippen LogP) is 0.830. The molecule has 1 aromatic heterocycles. The zero-order valence-electron chi connectivity index (χ0n) is 13.3. The number of carbonyl (C=O) groups excluding carboxylic acids is 1. The smallest absolute Gasteiger partial charge is 0.219 e. The van der Waals surface area contributed by atoms with E-state index in [2.05, 4.69) is 26.3 Å².